The average Bonchev–Trinajstić information content (AvgIpc) is 2.74. The van der Waals surface area contributed by atoms with Gasteiger partial charge in [0, 0.05) is 0 Å². The molecule has 0 heterocycles. The van der Waals surface area contributed by atoms with E-state index < -0.39 is 0 Å². The van der Waals surface area contributed by atoms with E-state index in [9.17, 15) is 8.78 Å². The molecule has 0 atom stereocenters. The van der Waals surface area contributed by atoms with Gasteiger partial charge in [-0.05, 0) is 92.7 Å². The van der Waals surface area contributed by atoms with Crippen molar-refractivity contribution in [2.24, 2.45) is 17.8 Å². The largest absolute Gasteiger partial charge is 0.216 e. The first-order valence-electron chi connectivity index (χ1n) is 11.2. The highest BCUT2D eigenvalue weighted by molar-refractivity contribution is 5.34. The van der Waals surface area contributed by atoms with E-state index in [1.54, 1.807) is 18.2 Å². The minimum Gasteiger partial charge on any atom is -0.216 e. The van der Waals surface area contributed by atoms with Crippen LogP contribution in [0.3, 0.4) is 0 Å². The summed E-state index contributed by atoms with van der Waals surface area (Å²) in [6.07, 6.45) is 17.1. The normalized spacial score (nSPS) is 28.3. The third-order valence-corrected chi connectivity index (χ3v) is 7.24. The molecule has 0 N–H and O–H groups in total. The van der Waals surface area contributed by atoms with Gasteiger partial charge < -0.3 is 0 Å². The molecule has 28 heavy (non-hydrogen) atoms. The maximum Gasteiger partial charge on any atom is 0.141 e. The van der Waals surface area contributed by atoms with Crippen molar-refractivity contribution in [3.8, 4) is 6.07 Å². The van der Waals surface area contributed by atoms with Gasteiger partial charge in [0.05, 0.1) is 11.9 Å². The van der Waals surface area contributed by atoms with Crippen molar-refractivity contribution in [2.75, 3.05) is 0 Å². The molecule has 0 unspecified atom stereocenters. The molecular formula is C25H33F2N. The van der Waals surface area contributed by atoms with Gasteiger partial charge in [0.15, 0.2) is 0 Å². The second-order valence-corrected chi connectivity index (χ2v) is 8.89. The molecule has 1 aromatic carbocycles. The smallest absolute Gasteiger partial charge is 0.141 e. The van der Waals surface area contributed by atoms with Crippen molar-refractivity contribution in [1.82, 2.24) is 0 Å². The van der Waals surface area contributed by atoms with Crippen LogP contribution in [-0.2, 0) is 0 Å². The van der Waals surface area contributed by atoms with Crippen LogP contribution in [0.25, 0.3) is 0 Å². The SMILES string of the molecule is N#Cc1ccc(C2CCC([C@H]3CC[C@H](CCCC/C=C/F)CC3)CC2)cc1F. The van der Waals surface area contributed by atoms with E-state index in [-0.39, 0.29) is 11.4 Å². The fraction of sp³-hybridized carbons (Fsp3) is 0.640. The Labute approximate surface area is 168 Å². The summed E-state index contributed by atoms with van der Waals surface area (Å²) >= 11 is 0. The molecule has 2 aliphatic carbocycles. The van der Waals surface area contributed by atoms with Crippen LogP contribution in [0, 0.1) is 34.9 Å². The summed E-state index contributed by atoms with van der Waals surface area (Å²) in [4.78, 5) is 0. The number of halogens is 2. The van der Waals surface area contributed by atoms with Crippen molar-refractivity contribution in [3.05, 3.63) is 47.5 Å². The molecule has 2 aliphatic rings. The molecule has 0 saturated heterocycles. The number of rotatable bonds is 7. The van der Waals surface area contributed by atoms with Crippen LogP contribution in [-0.4, -0.2) is 0 Å². The Morgan fingerprint density at radius 1 is 0.964 bits per heavy atom. The third kappa shape index (κ3) is 5.66. The maximum absolute atomic E-state index is 13.9. The molecule has 0 amide bonds. The first-order chi connectivity index (χ1) is 13.7. The van der Waals surface area contributed by atoms with Crippen LogP contribution >= 0.6 is 0 Å². The van der Waals surface area contributed by atoms with Crippen molar-refractivity contribution >= 4 is 0 Å². The zero-order valence-electron chi connectivity index (χ0n) is 16.9. The van der Waals surface area contributed by atoms with Gasteiger partial charge in [0.2, 0.25) is 0 Å². The molecule has 2 saturated carbocycles. The molecular weight excluding hydrogens is 352 g/mol. The minimum atomic E-state index is -0.374. The lowest BCUT2D eigenvalue weighted by Crippen LogP contribution is -2.25. The Morgan fingerprint density at radius 3 is 2.25 bits per heavy atom. The lowest BCUT2D eigenvalue weighted by Gasteiger charge is -2.38. The van der Waals surface area contributed by atoms with Gasteiger partial charge in [-0.2, -0.15) is 5.26 Å². The first-order valence-corrected chi connectivity index (χ1v) is 11.2. The number of hydrogen-bond acceptors (Lipinski definition) is 1. The predicted octanol–water partition coefficient (Wildman–Crippen LogP) is 7.82. The van der Waals surface area contributed by atoms with Gasteiger partial charge >= 0.3 is 0 Å². The molecule has 2 fully saturated rings. The van der Waals surface area contributed by atoms with Crippen LogP contribution in [0.2, 0.25) is 0 Å². The molecule has 3 rings (SSSR count). The standard InChI is InChI=1S/C25H33F2N/c26-16-4-2-1-3-5-19-6-8-20(9-7-19)21-10-12-22(13-11-21)23-14-15-24(18-28)25(27)17-23/h4,14-17,19-22H,1-3,5-13H2/b16-4+/t19-,20-,21?,22?. The number of benzene rings is 1. The molecule has 0 aromatic heterocycles. The summed E-state index contributed by atoms with van der Waals surface area (Å²) in [6.45, 7) is 0. The Morgan fingerprint density at radius 2 is 1.64 bits per heavy atom. The van der Waals surface area contributed by atoms with Crippen molar-refractivity contribution in [3.63, 3.8) is 0 Å². The van der Waals surface area contributed by atoms with Crippen LogP contribution < -0.4 is 0 Å². The summed E-state index contributed by atoms with van der Waals surface area (Å²) in [6, 6.07) is 7.07. The summed E-state index contributed by atoms with van der Waals surface area (Å²) < 4.78 is 25.9. The highest BCUT2D eigenvalue weighted by atomic mass is 19.1. The summed E-state index contributed by atoms with van der Waals surface area (Å²) in [5.74, 6) is 2.68. The van der Waals surface area contributed by atoms with E-state index in [0.717, 1.165) is 49.0 Å². The van der Waals surface area contributed by atoms with E-state index in [4.69, 9.17) is 5.26 Å². The van der Waals surface area contributed by atoms with E-state index in [2.05, 4.69) is 0 Å². The van der Waals surface area contributed by atoms with Gasteiger partial charge in [-0.15, -0.1) is 0 Å². The molecule has 0 aliphatic heterocycles. The molecule has 0 bridgehead atoms. The average molecular weight is 386 g/mol. The number of nitriles is 1. The Bertz CT molecular complexity index is 674. The number of unbranched alkanes of at least 4 members (excludes halogenated alkanes) is 2. The van der Waals surface area contributed by atoms with Gasteiger partial charge in [-0.3, -0.25) is 0 Å². The van der Waals surface area contributed by atoms with E-state index in [0.29, 0.717) is 12.2 Å². The van der Waals surface area contributed by atoms with Crippen molar-refractivity contribution in [2.45, 2.75) is 83.0 Å². The summed E-state index contributed by atoms with van der Waals surface area (Å²) in [5, 5.41) is 8.89. The van der Waals surface area contributed by atoms with Gasteiger partial charge in [-0.25, -0.2) is 8.78 Å². The fourth-order valence-corrected chi connectivity index (χ4v) is 5.51. The topological polar surface area (TPSA) is 23.8 Å². The van der Waals surface area contributed by atoms with Crippen LogP contribution in [0.15, 0.2) is 30.6 Å². The van der Waals surface area contributed by atoms with Crippen molar-refractivity contribution in [1.29, 1.82) is 5.26 Å². The lowest BCUT2D eigenvalue weighted by atomic mass is 9.68. The summed E-state index contributed by atoms with van der Waals surface area (Å²) in [5.41, 5.74) is 1.22. The van der Waals surface area contributed by atoms with Crippen LogP contribution in [0.4, 0.5) is 8.78 Å². The third-order valence-electron chi connectivity index (χ3n) is 7.24. The molecule has 1 aromatic rings. The zero-order chi connectivity index (χ0) is 19.8. The monoisotopic (exact) mass is 385 g/mol. The molecule has 0 radical (unpaired) electrons. The van der Waals surface area contributed by atoms with E-state index >= 15 is 0 Å². The lowest BCUT2D eigenvalue weighted by molar-refractivity contribution is 0.155. The molecule has 152 valence electrons. The number of hydrogen-bond donors (Lipinski definition) is 0. The first kappa shape index (κ1) is 21.0. The summed E-state index contributed by atoms with van der Waals surface area (Å²) in [7, 11) is 0. The van der Waals surface area contributed by atoms with Gasteiger partial charge in [-0.1, -0.05) is 37.8 Å². The fourth-order valence-electron chi connectivity index (χ4n) is 5.51. The maximum atomic E-state index is 13.9. The highest BCUT2D eigenvalue weighted by Crippen LogP contribution is 2.44. The highest BCUT2D eigenvalue weighted by Gasteiger charge is 2.31. The Balaban J connectivity index is 1.39. The van der Waals surface area contributed by atoms with E-state index in [1.807, 2.05) is 12.1 Å². The minimum absolute atomic E-state index is 0.146. The number of allylic oxidation sites excluding steroid dienone is 1. The zero-order valence-corrected chi connectivity index (χ0v) is 16.9. The molecule has 0 spiro atoms. The molecule has 3 heteroatoms. The van der Waals surface area contributed by atoms with Crippen LogP contribution in [0.5, 0.6) is 0 Å². The second-order valence-electron chi connectivity index (χ2n) is 8.89. The van der Waals surface area contributed by atoms with Crippen LogP contribution in [0.1, 0.15) is 94.1 Å². The van der Waals surface area contributed by atoms with Crippen molar-refractivity contribution < 1.29 is 8.78 Å². The second kappa shape index (κ2) is 10.7. The Kier molecular flexibility index (Phi) is 8.07. The number of nitrogens with zero attached hydrogens (tertiary/aromatic N) is 1. The molecule has 1 nitrogen and oxygen atoms in total. The van der Waals surface area contributed by atoms with Gasteiger partial charge in [0.1, 0.15) is 11.9 Å². The quantitative estimate of drug-likeness (QED) is 0.439. The predicted molar refractivity (Wildman–Crippen MR) is 110 cm³/mol. The van der Waals surface area contributed by atoms with Gasteiger partial charge in [0.25, 0.3) is 0 Å². The Hall–Kier alpha value is -1.69. The van der Waals surface area contributed by atoms with E-state index in [1.165, 1.54) is 51.4 Å².